The Hall–Kier alpha value is -6.10. The second-order valence-corrected chi connectivity index (χ2v) is 12.0. The van der Waals surface area contributed by atoms with Gasteiger partial charge in [0.15, 0.2) is 5.43 Å². The molecule has 242 valence electrons. The van der Waals surface area contributed by atoms with Crippen molar-refractivity contribution in [2.45, 2.75) is 6.54 Å². The largest absolute Gasteiger partial charge is 0.507 e. The summed E-state index contributed by atoms with van der Waals surface area (Å²) in [5, 5.41) is 41.4. The molecule has 10 nitrogen and oxygen atoms in total. The summed E-state index contributed by atoms with van der Waals surface area (Å²) in [6, 6.07) is 23.6. The van der Waals surface area contributed by atoms with E-state index in [1.165, 1.54) is 24.3 Å². The summed E-state index contributed by atoms with van der Waals surface area (Å²) in [7, 11) is 0. The molecule has 1 aliphatic carbocycles. The number of rotatable bonds is 7. The minimum absolute atomic E-state index is 0.0697. The lowest BCUT2D eigenvalue weighted by atomic mass is 9.90. The lowest BCUT2D eigenvalue weighted by Crippen LogP contribution is -2.23. The Kier molecular flexibility index (Phi) is 8.03. The monoisotopic (exact) mass is 691 g/mol. The number of nitrogens with zero attached hydrogens (tertiary/aromatic N) is 1. The first-order valence-corrected chi connectivity index (χ1v) is 15.5. The Morgan fingerprint density at radius 1 is 0.816 bits per heavy atom. The number of aromatic carboxylic acids is 1. The number of nitrogens with one attached hydrogen (secondary N) is 2. The molecule has 0 atom stereocenters. The van der Waals surface area contributed by atoms with Gasteiger partial charge in [-0.3, -0.25) is 14.7 Å². The Bertz CT molecular complexity index is 2470. The minimum atomic E-state index is -1.24. The topological polar surface area (TPSA) is 166 Å². The molecule has 0 unspecified atom stereocenters. The SMILES string of the molecule is O=C(NCc1ccc(-c2c[nH]nc2-c2cc(Cl)c(O)cc2O)cc1)c1ccc(-c2c3ccc(=O)cc-3oc3cc(Cl)ccc23)c(C(=O)O)c1. The van der Waals surface area contributed by atoms with Gasteiger partial charge in [0.2, 0.25) is 0 Å². The van der Waals surface area contributed by atoms with Gasteiger partial charge in [-0.2, -0.15) is 5.10 Å². The van der Waals surface area contributed by atoms with Crippen molar-refractivity contribution in [2.24, 2.45) is 0 Å². The standard InChI is InChI=1S/C37H23Cl2N3O7/c38-21-6-9-24-32(12-21)49-33-13-22(43)7-10-25(33)34(24)23-8-5-20(11-26(23)37(47)48)36(46)40-16-18-1-3-19(4-2-18)28-17-41-42-35(28)27-14-29(39)31(45)15-30(27)44/h1-15,17,44-45H,16H2,(H,40,46)(H,41,42)(H,47,48). The average molecular weight is 693 g/mol. The smallest absolute Gasteiger partial charge is 0.336 e. The maximum Gasteiger partial charge on any atom is 0.336 e. The number of hydrogen-bond donors (Lipinski definition) is 5. The van der Waals surface area contributed by atoms with Crippen LogP contribution in [0.5, 0.6) is 11.5 Å². The second kappa shape index (κ2) is 12.5. The highest BCUT2D eigenvalue weighted by molar-refractivity contribution is 6.32. The second-order valence-electron chi connectivity index (χ2n) is 11.2. The number of carbonyl (C=O) groups excluding carboxylic acids is 1. The number of aromatic nitrogens is 2. The van der Waals surface area contributed by atoms with Crippen LogP contribution >= 0.6 is 23.2 Å². The maximum absolute atomic E-state index is 13.2. The van der Waals surface area contributed by atoms with E-state index in [1.807, 2.05) is 24.3 Å². The number of phenolic OH excluding ortho intramolecular Hbond substituents is 2. The molecule has 49 heavy (non-hydrogen) atoms. The summed E-state index contributed by atoms with van der Waals surface area (Å²) >= 11 is 12.3. The highest BCUT2D eigenvalue weighted by Crippen LogP contribution is 2.42. The van der Waals surface area contributed by atoms with E-state index >= 15 is 0 Å². The van der Waals surface area contributed by atoms with Gasteiger partial charge < -0.3 is 25.1 Å². The molecular weight excluding hydrogens is 669 g/mol. The zero-order chi connectivity index (χ0) is 34.4. The van der Waals surface area contributed by atoms with E-state index < -0.39 is 11.9 Å². The Morgan fingerprint density at radius 2 is 1.59 bits per heavy atom. The summed E-state index contributed by atoms with van der Waals surface area (Å²) in [6.45, 7) is 0.156. The molecule has 5 N–H and O–H groups in total. The minimum Gasteiger partial charge on any atom is -0.507 e. The highest BCUT2D eigenvalue weighted by Gasteiger charge is 2.23. The van der Waals surface area contributed by atoms with Crippen molar-refractivity contribution in [3.63, 3.8) is 0 Å². The van der Waals surface area contributed by atoms with Gasteiger partial charge in [-0.1, -0.05) is 53.5 Å². The molecule has 1 aliphatic heterocycles. The van der Waals surface area contributed by atoms with Gasteiger partial charge in [0.25, 0.3) is 5.91 Å². The first-order chi connectivity index (χ1) is 23.6. The molecule has 0 saturated heterocycles. The maximum atomic E-state index is 13.2. The third-order valence-electron chi connectivity index (χ3n) is 8.12. The Labute approximate surface area is 287 Å². The fourth-order valence-corrected chi connectivity index (χ4v) is 6.08. The fraction of sp³-hybridized carbons (Fsp3) is 0.0270. The molecule has 0 saturated carbocycles. The number of halogens is 2. The molecule has 2 heterocycles. The van der Waals surface area contributed by atoms with Crippen LogP contribution in [0.4, 0.5) is 0 Å². The lowest BCUT2D eigenvalue weighted by molar-refractivity contribution is 0.0697. The van der Waals surface area contributed by atoms with Crippen molar-refractivity contribution in [1.82, 2.24) is 15.5 Å². The van der Waals surface area contributed by atoms with Crippen LogP contribution in [0.25, 0.3) is 55.8 Å². The van der Waals surface area contributed by atoms with Gasteiger partial charge in [0, 0.05) is 69.2 Å². The van der Waals surface area contributed by atoms with E-state index in [4.69, 9.17) is 27.6 Å². The molecule has 1 aromatic heterocycles. The molecule has 0 radical (unpaired) electrons. The third kappa shape index (κ3) is 5.95. The summed E-state index contributed by atoms with van der Waals surface area (Å²) < 4.78 is 5.95. The molecule has 7 rings (SSSR count). The summed E-state index contributed by atoms with van der Waals surface area (Å²) in [5.74, 6) is -1.87. The van der Waals surface area contributed by atoms with Crippen molar-refractivity contribution >= 4 is 46.0 Å². The van der Waals surface area contributed by atoms with Crippen molar-refractivity contribution in [3.8, 4) is 56.3 Å². The number of phenols is 2. The van der Waals surface area contributed by atoms with E-state index in [0.29, 0.717) is 49.5 Å². The van der Waals surface area contributed by atoms with Crippen molar-refractivity contribution < 1.29 is 29.3 Å². The number of H-pyrrole nitrogens is 1. The van der Waals surface area contributed by atoms with E-state index in [9.17, 15) is 29.7 Å². The normalized spacial score (nSPS) is 11.2. The van der Waals surface area contributed by atoms with Crippen molar-refractivity contribution in [3.05, 3.63) is 134 Å². The molecular formula is C37H23Cl2N3O7. The zero-order valence-electron chi connectivity index (χ0n) is 25.1. The number of fused-ring (bicyclic) bond motifs is 2. The van der Waals surface area contributed by atoms with Crippen LogP contribution in [0.1, 0.15) is 26.3 Å². The molecule has 1 amide bonds. The molecule has 2 aliphatic rings. The van der Waals surface area contributed by atoms with Gasteiger partial charge in [-0.25, -0.2) is 4.79 Å². The fourth-order valence-electron chi connectivity index (χ4n) is 5.76. The van der Waals surface area contributed by atoms with Crippen molar-refractivity contribution in [1.29, 1.82) is 0 Å². The van der Waals surface area contributed by atoms with Gasteiger partial charge in [0.1, 0.15) is 28.5 Å². The third-order valence-corrected chi connectivity index (χ3v) is 8.65. The number of amides is 1. The molecule has 12 heteroatoms. The van der Waals surface area contributed by atoms with Crippen LogP contribution in [0.3, 0.4) is 0 Å². The molecule has 0 spiro atoms. The predicted molar refractivity (Wildman–Crippen MR) is 185 cm³/mol. The number of benzene rings is 5. The van der Waals surface area contributed by atoms with Crippen LogP contribution < -0.4 is 10.7 Å². The van der Waals surface area contributed by atoms with Crippen LogP contribution in [0.2, 0.25) is 10.0 Å². The quantitative estimate of drug-likeness (QED) is 0.105. The number of carboxylic acids is 1. The Balaban J connectivity index is 1.15. The van der Waals surface area contributed by atoms with E-state index in [2.05, 4.69) is 15.5 Å². The van der Waals surface area contributed by atoms with Gasteiger partial charge >= 0.3 is 5.97 Å². The molecule has 4 aromatic carbocycles. The number of hydrogen-bond acceptors (Lipinski definition) is 7. The predicted octanol–water partition coefficient (Wildman–Crippen LogP) is 7.97. The van der Waals surface area contributed by atoms with Crippen molar-refractivity contribution in [2.75, 3.05) is 0 Å². The number of aromatic hydroxyl groups is 2. The van der Waals surface area contributed by atoms with Crippen LogP contribution in [0.15, 0.2) is 106 Å². The van der Waals surface area contributed by atoms with E-state index in [1.54, 1.807) is 42.6 Å². The molecule has 0 fully saturated rings. The lowest BCUT2D eigenvalue weighted by Gasteiger charge is -2.17. The first-order valence-electron chi connectivity index (χ1n) is 14.7. The van der Waals surface area contributed by atoms with E-state index in [-0.39, 0.29) is 45.4 Å². The highest BCUT2D eigenvalue weighted by atomic mass is 35.5. The average Bonchev–Trinajstić information content (AvgIpc) is 3.57. The van der Waals surface area contributed by atoms with E-state index in [0.717, 1.165) is 17.2 Å². The van der Waals surface area contributed by atoms with Crippen LogP contribution in [-0.4, -0.2) is 37.4 Å². The molecule has 5 aromatic rings. The van der Waals surface area contributed by atoms with Gasteiger partial charge in [-0.15, -0.1) is 0 Å². The van der Waals surface area contributed by atoms with Gasteiger partial charge in [0.05, 0.1) is 10.6 Å². The number of carbonyl (C=O) groups is 2. The zero-order valence-corrected chi connectivity index (χ0v) is 26.6. The summed E-state index contributed by atoms with van der Waals surface area (Å²) in [6.07, 6.45) is 1.67. The molecule has 0 bridgehead atoms. The first kappa shape index (κ1) is 31.5. The van der Waals surface area contributed by atoms with Crippen LogP contribution in [-0.2, 0) is 6.54 Å². The summed E-state index contributed by atoms with van der Waals surface area (Å²) in [4.78, 5) is 37.9. The number of aromatic amines is 1. The van der Waals surface area contributed by atoms with Gasteiger partial charge in [-0.05, 0) is 59.2 Å². The number of carboxylic acid groups (broad SMARTS) is 1. The summed E-state index contributed by atoms with van der Waals surface area (Å²) in [5.41, 5.74) is 4.54. The van der Waals surface area contributed by atoms with Crippen LogP contribution in [0, 0.1) is 0 Å². The Morgan fingerprint density at radius 3 is 2.37 bits per heavy atom.